The molecule has 2 heterocycles. The van der Waals surface area contributed by atoms with Crippen molar-refractivity contribution in [3.8, 4) is 5.88 Å². The van der Waals surface area contributed by atoms with E-state index in [1.54, 1.807) is 25.4 Å². The molecule has 0 spiro atoms. The lowest BCUT2D eigenvalue weighted by Crippen LogP contribution is -2.16. The minimum absolute atomic E-state index is 0.0492. The number of ether oxygens (including phenoxy) is 1. The molecule has 27 heavy (non-hydrogen) atoms. The van der Waals surface area contributed by atoms with Crippen LogP contribution in [0.25, 0.3) is 11.0 Å². The van der Waals surface area contributed by atoms with E-state index in [-0.39, 0.29) is 5.91 Å². The number of allylic oxidation sites excluding steroid dienone is 1. The first-order valence-corrected chi connectivity index (χ1v) is 8.18. The molecule has 9 heteroatoms. The topological polar surface area (TPSA) is 139 Å². The van der Waals surface area contributed by atoms with Crippen molar-refractivity contribution in [1.82, 2.24) is 9.97 Å². The van der Waals surface area contributed by atoms with Crippen LogP contribution < -0.4 is 10.1 Å². The Morgan fingerprint density at radius 3 is 2.44 bits per heavy atom. The van der Waals surface area contributed by atoms with E-state index in [4.69, 9.17) is 24.5 Å². The molecule has 2 aromatic rings. The van der Waals surface area contributed by atoms with Crippen molar-refractivity contribution >= 4 is 34.6 Å². The third-order valence-electron chi connectivity index (χ3n) is 3.78. The highest BCUT2D eigenvalue weighted by Crippen LogP contribution is 2.24. The molecule has 3 rings (SSSR count). The number of aliphatic carboxylic acids is 2. The minimum Gasteiger partial charge on any atom is -0.481 e. The van der Waals surface area contributed by atoms with Crippen molar-refractivity contribution in [2.45, 2.75) is 25.7 Å². The predicted molar refractivity (Wildman–Crippen MR) is 96.5 cm³/mol. The Morgan fingerprint density at radius 1 is 1.11 bits per heavy atom. The molecule has 1 aliphatic rings. The predicted octanol–water partition coefficient (Wildman–Crippen LogP) is 2.23. The van der Waals surface area contributed by atoms with Gasteiger partial charge in [0, 0.05) is 17.8 Å². The number of carboxylic acid groups (broad SMARTS) is 2. The highest BCUT2D eigenvalue weighted by atomic mass is 16.5. The van der Waals surface area contributed by atoms with Crippen molar-refractivity contribution in [2.24, 2.45) is 0 Å². The summed E-state index contributed by atoms with van der Waals surface area (Å²) in [6.45, 7) is 0. The summed E-state index contributed by atoms with van der Waals surface area (Å²) < 4.78 is 5.14. The first-order chi connectivity index (χ1) is 12.9. The number of hydrogen-bond acceptors (Lipinski definition) is 6. The number of anilines is 1. The maximum absolute atomic E-state index is 12.3. The number of hydrogen-bond donors (Lipinski definition) is 3. The first kappa shape index (κ1) is 19.8. The molecule has 0 saturated carbocycles. The Hall–Kier alpha value is -3.49. The van der Waals surface area contributed by atoms with Gasteiger partial charge in [-0.15, -0.1) is 0 Å². The van der Waals surface area contributed by atoms with E-state index >= 15 is 0 Å². The molecule has 0 saturated heterocycles. The van der Waals surface area contributed by atoms with Gasteiger partial charge in [-0.25, -0.2) is 14.6 Å². The van der Waals surface area contributed by atoms with Gasteiger partial charge in [0.1, 0.15) is 5.52 Å². The van der Waals surface area contributed by atoms with Crippen LogP contribution in [0.1, 0.15) is 25.7 Å². The summed E-state index contributed by atoms with van der Waals surface area (Å²) in [5.41, 5.74) is 2.89. The zero-order valence-corrected chi connectivity index (χ0v) is 14.6. The molecule has 1 amide bonds. The van der Waals surface area contributed by atoms with Crippen LogP contribution in [0.4, 0.5) is 5.69 Å². The maximum Gasteiger partial charge on any atom is 0.414 e. The second-order valence-corrected chi connectivity index (χ2v) is 5.62. The van der Waals surface area contributed by atoms with Gasteiger partial charge in [-0.2, -0.15) is 0 Å². The molecule has 0 aromatic carbocycles. The summed E-state index contributed by atoms with van der Waals surface area (Å²) in [6, 6.07) is 5.34. The number of rotatable bonds is 3. The third kappa shape index (κ3) is 5.50. The number of fused-ring (bicyclic) bond motifs is 1. The monoisotopic (exact) mass is 373 g/mol. The van der Waals surface area contributed by atoms with Gasteiger partial charge in [-0.05, 0) is 37.8 Å². The van der Waals surface area contributed by atoms with Crippen LogP contribution in [0, 0.1) is 0 Å². The van der Waals surface area contributed by atoms with Gasteiger partial charge in [0.15, 0.2) is 0 Å². The number of carboxylic acids is 2. The lowest BCUT2D eigenvalue weighted by Gasteiger charge is -2.13. The van der Waals surface area contributed by atoms with Gasteiger partial charge in [0.25, 0.3) is 5.91 Å². The largest absolute Gasteiger partial charge is 0.481 e. The van der Waals surface area contributed by atoms with Crippen LogP contribution in [0.3, 0.4) is 0 Å². The van der Waals surface area contributed by atoms with Crippen molar-refractivity contribution in [3.63, 3.8) is 0 Å². The number of aromatic nitrogens is 2. The van der Waals surface area contributed by atoms with Gasteiger partial charge in [0.2, 0.25) is 5.88 Å². The Morgan fingerprint density at radius 2 is 1.85 bits per heavy atom. The second-order valence-electron chi connectivity index (χ2n) is 5.62. The van der Waals surface area contributed by atoms with E-state index < -0.39 is 11.9 Å². The molecule has 1 aliphatic carbocycles. The Kier molecular flexibility index (Phi) is 6.81. The van der Waals surface area contributed by atoms with Crippen LogP contribution >= 0.6 is 0 Å². The van der Waals surface area contributed by atoms with Crippen molar-refractivity contribution in [3.05, 3.63) is 36.0 Å². The van der Waals surface area contributed by atoms with E-state index in [1.165, 1.54) is 0 Å². The van der Waals surface area contributed by atoms with Crippen molar-refractivity contribution in [2.75, 3.05) is 12.4 Å². The van der Waals surface area contributed by atoms with Gasteiger partial charge in [-0.3, -0.25) is 9.78 Å². The zero-order chi connectivity index (χ0) is 19.8. The van der Waals surface area contributed by atoms with Crippen molar-refractivity contribution < 1.29 is 29.3 Å². The second kappa shape index (κ2) is 9.27. The first-order valence-electron chi connectivity index (χ1n) is 8.18. The molecule has 142 valence electrons. The van der Waals surface area contributed by atoms with E-state index in [1.807, 2.05) is 12.1 Å². The number of nitrogens with one attached hydrogen (secondary N) is 1. The SMILES string of the molecule is COc1ccc2nccc(NC(=O)C3=CCCCC3)c2n1.O=C(O)C(=O)O. The number of methoxy groups -OCH3 is 1. The fourth-order valence-electron chi connectivity index (χ4n) is 2.47. The molecule has 0 fully saturated rings. The Labute approximate surface area is 154 Å². The fourth-order valence-corrected chi connectivity index (χ4v) is 2.47. The number of carbonyl (C=O) groups excluding carboxylic acids is 1. The molecular weight excluding hydrogens is 354 g/mol. The van der Waals surface area contributed by atoms with Crippen LogP contribution in [-0.2, 0) is 14.4 Å². The smallest absolute Gasteiger partial charge is 0.414 e. The summed E-state index contributed by atoms with van der Waals surface area (Å²) in [4.78, 5) is 39.1. The van der Waals surface area contributed by atoms with Gasteiger partial charge < -0.3 is 20.3 Å². The van der Waals surface area contributed by atoms with Crippen LogP contribution in [0.2, 0.25) is 0 Å². The van der Waals surface area contributed by atoms with E-state index in [0.29, 0.717) is 17.1 Å². The van der Waals surface area contributed by atoms with E-state index in [0.717, 1.165) is 36.8 Å². The van der Waals surface area contributed by atoms with Gasteiger partial charge in [0.05, 0.1) is 18.3 Å². The minimum atomic E-state index is -1.82. The molecule has 0 bridgehead atoms. The van der Waals surface area contributed by atoms with E-state index in [2.05, 4.69) is 15.3 Å². The third-order valence-corrected chi connectivity index (χ3v) is 3.78. The molecule has 0 radical (unpaired) electrons. The molecule has 0 aliphatic heterocycles. The molecular formula is C18H19N3O6. The quantitative estimate of drug-likeness (QED) is 0.696. The van der Waals surface area contributed by atoms with Crippen LogP contribution in [0.5, 0.6) is 5.88 Å². The van der Waals surface area contributed by atoms with E-state index in [9.17, 15) is 4.79 Å². The molecule has 9 nitrogen and oxygen atoms in total. The highest BCUT2D eigenvalue weighted by Gasteiger charge is 2.14. The van der Waals surface area contributed by atoms with Gasteiger partial charge in [-0.1, -0.05) is 6.08 Å². The normalized spacial score (nSPS) is 13.0. The highest BCUT2D eigenvalue weighted by molar-refractivity contribution is 6.27. The number of pyridine rings is 2. The Bertz CT molecular complexity index is 882. The number of carbonyl (C=O) groups is 3. The lowest BCUT2D eigenvalue weighted by molar-refractivity contribution is -0.159. The average Bonchev–Trinajstić information content (AvgIpc) is 2.69. The average molecular weight is 373 g/mol. The molecule has 2 aromatic heterocycles. The number of amides is 1. The fraction of sp³-hybridized carbons (Fsp3) is 0.278. The summed E-state index contributed by atoms with van der Waals surface area (Å²) in [5.74, 6) is -3.19. The molecule has 0 atom stereocenters. The zero-order valence-electron chi connectivity index (χ0n) is 14.6. The summed E-state index contributed by atoms with van der Waals surface area (Å²) in [7, 11) is 1.57. The molecule has 3 N–H and O–H groups in total. The Balaban J connectivity index is 0.000000380. The summed E-state index contributed by atoms with van der Waals surface area (Å²) >= 11 is 0. The summed E-state index contributed by atoms with van der Waals surface area (Å²) in [5, 5.41) is 17.7. The van der Waals surface area contributed by atoms with Crippen molar-refractivity contribution in [1.29, 1.82) is 0 Å². The lowest BCUT2D eigenvalue weighted by atomic mass is 9.99. The van der Waals surface area contributed by atoms with Gasteiger partial charge >= 0.3 is 11.9 Å². The number of nitrogens with zero attached hydrogens (tertiary/aromatic N) is 2. The van der Waals surface area contributed by atoms with Crippen LogP contribution in [-0.4, -0.2) is 45.1 Å². The standard InChI is InChI=1S/C16H17N3O2.C2H2O4/c1-21-14-8-7-12-15(19-14)13(9-10-17-12)18-16(20)11-5-3-2-4-6-11;3-1(4)2(5)6/h5,7-10H,2-4,6H2,1H3,(H,17,18,20);(H,3,4)(H,5,6). The molecule has 0 unspecified atom stereocenters. The maximum atomic E-state index is 12.3. The van der Waals surface area contributed by atoms with Crippen LogP contribution in [0.15, 0.2) is 36.0 Å². The summed E-state index contributed by atoms with van der Waals surface area (Å²) in [6.07, 6.45) is 7.74.